The van der Waals surface area contributed by atoms with E-state index < -0.39 is 0 Å². The predicted molar refractivity (Wildman–Crippen MR) is 58.0 cm³/mol. The summed E-state index contributed by atoms with van der Waals surface area (Å²) in [5, 5.41) is 11.2. The van der Waals surface area contributed by atoms with E-state index in [4.69, 9.17) is 0 Å². The van der Waals surface area contributed by atoms with Crippen LogP contribution in [0.5, 0.6) is 0 Å². The van der Waals surface area contributed by atoms with E-state index in [1.807, 2.05) is 31.2 Å². The van der Waals surface area contributed by atoms with Crippen molar-refractivity contribution in [1.29, 1.82) is 0 Å². The Hall–Kier alpha value is -1.97. The Morgan fingerprint density at radius 2 is 2.07 bits per heavy atom. The number of benzene rings is 1. The van der Waals surface area contributed by atoms with Crippen LogP contribution in [0.15, 0.2) is 36.4 Å². The summed E-state index contributed by atoms with van der Waals surface area (Å²) < 4.78 is 1.75. The van der Waals surface area contributed by atoms with E-state index in [1.54, 1.807) is 4.68 Å². The summed E-state index contributed by atoms with van der Waals surface area (Å²) in [6, 6.07) is 10.2. The van der Waals surface area contributed by atoms with Gasteiger partial charge in [-0.15, -0.1) is 5.10 Å². The number of aryl methyl sites for hydroxylation is 1. The number of tetrazole rings is 1. The molecule has 0 spiro atoms. The van der Waals surface area contributed by atoms with Gasteiger partial charge in [-0.1, -0.05) is 42.5 Å². The van der Waals surface area contributed by atoms with Gasteiger partial charge in [-0.2, -0.15) is 0 Å². The average molecular weight is 200 g/mol. The molecule has 0 aliphatic rings. The zero-order chi connectivity index (χ0) is 10.5. The van der Waals surface area contributed by atoms with Gasteiger partial charge in [0, 0.05) is 0 Å². The Morgan fingerprint density at radius 1 is 1.27 bits per heavy atom. The van der Waals surface area contributed by atoms with Crippen molar-refractivity contribution >= 4 is 6.08 Å². The summed E-state index contributed by atoms with van der Waals surface area (Å²) in [5.74, 6) is 0.827. The highest BCUT2D eigenvalue weighted by Crippen LogP contribution is 2.01. The molecule has 0 aliphatic heterocycles. The Morgan fingerprint density at radius 3 is 2.73 bits per heavy atom. The van der Waals surface area contributed by atoms with Crippen LogP contribution in [0.25, 0.3) is 6.08 Å². The van der Waals surface area contributed by atoms with Crippen molar-refractivity contribution in [2.45, 2.75) is 13.5 Å². The molecule has 2 rings (SSSR count). The highest BCUT2D eigenvalue weighted by molar-refractivity contribution is 5.48. The molecule has 0 bridgehead atoms. The number of aromatic nitrogens is 4. The van der Waals surface area contributed by atoms with Crippen LogP contribution in [-0.4, -0.2) is 20.2 Å². The molecule has 4 heteroatoms. The van der Waals surface area contributed by atoms with E-state index in [9.17, 15) is 0 Å². The molecule has 0 saturated carbocycles. The Balaban J connectivity index is 2.00. The second-order valence-corrected chi connectivity index (χ2v) is 3.22. The van der Waals surface area contributed by atoms with Crippen LogP contribution in [-0.2, 0) is 6.54 Å². The van der Waals surface area contributed by atoms with Gasteiger partial charge in [0.2, 0.25) is 0 Å². The lowest BCUT2D eigenvalue weighted by atomic mass is 10.2. The van der Waals surface area contributed by atoms with E-state index in [-0.39, 0.29) is 0 Å². The van der Waals surface area contributed by atoms with E-state index in [0.717, 1.165) is 5.82 Å². The molecule has 1 aromatic heterocycles. The maximum absolute atomic E-state index is 3.85. The van der Waals surface area contributed by atoms with Crippen molar-refractivity contribution in [1.82, 2.24) is 20.2 Å². The maximum Gasteiger partial charge on any atom is 0.148 e. The lowest BCUT2D eigenvalue weighted by molar-refractivity contribution is 0.646. The molecule has 15 heavy (non-hydrogen) atoms. The first-order chi connectivity index (χ1) is 7.36. The first kappa shape index (κ1) is 9.58. The fourth-order valence-corrected chi connectivity index (χ4v) is 1.27. The highest BCUT2D eigenvalue weighted by Gasteiger charge is 1.95. The second kappa shape index (κ2) is 4.50. The summed E-state index contributed by atoms with van der Waals surface area (Å²) in [6.07, 6.45) is 4.10. The largest absolute Gasteiger partial charge is 0.226 e. The van der Waals surface area contributed by atoms with Gasteiger partial charge in [-0.25, -0.2) is 4.68 Å². The Labute approximate surface area is 88.2 Å². The smallest absolute Gasteiger partial charge is 0.148 e. The van der Waals surface area contributed by atoms with Gasteiger partial charge in [-0.3, -0.25) is 0 Å². The Bertz CT molecular complexity index is 445. The summed E-state index contributed by atoms with van der Waals surface area (Å²) in [4.78, 5) is 0. The predicted octanol–water partition coefficient (Wildman–Crippen LogP) is 1.69. The van der Waals surface area contributed by atoms with Gasteiger partial charge in [0.05, 0.1) is 6.54 Å². The molecule has 0 atom stereocenters. The molecular weight excluding hydrogens is 188 g/mol. The number of nitrogens with zero attached hydrogens (tertiary/aromatic N) is 4. The van der Waals surface area contributed by atoms with Crippen LogP contribution in [0, 0.1) is 6.92 Å². The zero-order valence-electron chi connectivity index (χ0n) is 8.54. The number of hydrogen-bond acceptors (Lipinski definition) is 3. The molecule has 2 aromatic rings. The molecule has 0 aliphatic carbocycles. The van der Waals surface area contributed by atoms with Gasteiger partial charge in [0.1, 0.15) is 5.82 Å². The molecule has 0 N–H and O–H groups in total. The quantitative estimate of drug-likeness (QED) is 0.757. The normalized spacial score (nSPS) is 11.0. The Kier molecular flexibility index (Phi) is 2.88. The van der Waals surface area contributed by atoms with Crippen LogP contribution in [0.1, 0.15) is 11.4 Å². The minimum absolute atomic E-state index is 0.702. The van der Waals surface area contributed by atoms with Crippen molar-refractivity contribution in [2.75, 3.05) is 0 Å². The molecular formula is C11H12N4. The van der Waals surface area contributed by atoms with Crippen LogP contribution in [0.4, 0.5) is 0 Å². The third-order valence-corrected chi connectivity index (χ3v) is 2.10. The first-order valence-electron chi connectivity index (χ1n) is 4.80. The average Bonchev–Trinajstić information content (AvgIpc) is 2.66. The van der Waals surface area contributed by atoms with Gasteiger partial charge in [0.15, 0.2) is 0 Å². The van der Waals surface area contributed by atoms with Gasteiger partial charge in [0.25, 0.3) is 0 Å². The van der Waals surface area contributed by atoms with E-state index in [1.165, 1.54) is 5.56 Å². The van der Waals surface area contributed by atoms with Gasteiger partial charge < -0.3 is 0 Å². The summed E-state index contributed by atoms with van der Waals surface area (Å²) in [7, 11) is 0. The standard InChI is InChI=1S/C11H12N4/c1-10-12-13-14-15(10)9-5-8-11-6-3-2-4-7-11/h2-8H,9H2,1H3/b8-5+. The van der Waals surface area contributed by atoms with E-state index in [2.05, 4.69) is 33.7 Å². The zero-order valence-corrected chi connectivity index (χ0v) is 8.54. The monoisotopic (exact) mass is 200 g/mol. The van der Waals surface area contributed by atoms with Crippen molar-refractivity contribution in [3.05, 3.63) is 47.8 Å². The molecule has 0 amide bonds. The lowest BCUT2D eigenvalue weighted by Gasteiger charge is -1.95. The topological polar surface area (TPSA) is 43.6 Å². The minimum atomic E-state index is 0.702. The van der Waals surface area contributed by atoms with Crippen LogP contribution in [0.2, 0.25) is 0 Å². The second-order valence-electron chi connectivity index (χ2n) is 3.22. The van der Waals surface area contributed by atoms with E-state index >= 15 is 0 Å². The summed E-state index contributed by atoms with van der Waals surface area (Å²) in [6.45, 7) is 2.59. The molecule has 0 unspecified atom stereocenters. The number of hydrogen-bond donors (Lipinski definition) is 0. The van der Waals surface area contributed by atoms with E-state index in [0.29, 0.717) is 6.54 Å². The van der Waals surface area contributed by atoms with Crippen LogP contribution >= 0.6 is 0 Å². The van der Waals surface area contributed by atoms with Crippen molar-refractivity contribution < 1.29 is 0 Å². The van der Waals surface area contributed by atoms with Crippen molar-refractivity contribution in [3.63, 3.8) is 0 Å². The first-order valence-corrected chi connectivity index (χ1v) is 4.80. The molecule has 1 aromatic carbocycles. The van der Waals surface area contributed by atoms with Crippen LogP contribution < -0.4 is 0 Å². The fourth-order valence-electron chi connectivity index (χ4n) is 1.27. The van der Waals surface area contributed by atoms with Gasteiger partial charge in [-0.05, 0) is 22.9 Å². The molecule has 4 nitrogen and oxygen atoms in total. The summed E-state index contributed by atoms with van der Waals surface area (Å²) >= 11 is 0. The fraction of sp³-hybridized carbons (Fsp3) is 0.182. The highest BCUT2D eigenvalue weighted by atomic mass is 15.5. The van der Waals surface area contributed by atoms with Gasteiger partial charge >= 0.3 is 0 Å². The molecule has 0 fully saturated rings. The number of rotatable bonds is 3. The third-order valence-electron chi connectivity index (χ3n) is 2.10. The van der Waals surface area contributed by atoms with Crippen LogP contribution in [0.3, 0.4) is 0 Å². The summed E-state index contributed by atoms with van der Waals surface area (Å²) in [5.41, 5.74) is 1.18. The molecule has 1 heterocycles. The van der Waals surface area contributed by atoms with Crippen molar-refractivity contribution in [2.24, 2.45) is 0 Å². The lowest BCUT2D eigenvalue weighted by Crippen LogP contribution is -2.00. The molecule has 0 radical (unpaired) electrons. The molecule has 76 valence electrons. The molecule has 0 saturated heterocycles. The maximum atomic E-state index is 3.85. The minimum Gasteiger partial charge on any atom is -0.226 e. The van der Waals surface area contributed by atoms with Crippen molar-refractivity contribution in [3.8, 4) is 0 Å². The third kappa shape index (κ3) is 2.49. The SMILES string of the molecule is Cc1nnnn1C/C=C/c1ccccc1. The number of allylic oxidation sites excluding steroid dienone is 1.